The smallest absolute Gasteiger partial charge is 0.335 e. The van der Waals surface area contributed by atoms with Gasteiger partial charge >= 0.3 is 5.97 Å². The van der Waals surface area contributed by atoms with Crippen molar-refractivity contribution in [1.29, 1.82) is 0 Å². The van der Waals surface area contributed by atoms with Crippen LogP contribution < -0.4 is 9.47 Å². The molecule has 1 saturated heterocycles. The SMILES string of the molecule is Cn1c(COc2cccc(C(=O)O)c2)nc2c(OC3CCOCC3)cccc21. The highest BCUT2D eigenvalue weighted by Crippen LogP contribution is 2.28. The first-order chi connectivity index (χ1) is 13.6. The number of carbonyl (C=O) groups is 1. The topological polar surface area (TPSA) is 82.8 Å². The molecular formula is C21H22N2O5. The monoisotopic (exact) mass is 382 g/mol. The first-order valence-corrected chi connectivity index (χ1v) is 9.26. The number of para-hydroxylation sites is 1. The van der Waals surface area contributed by atoms with Gasteiger partial charge in [0, 0.05) is 19.9 Å². The largest absolute Gasteiger partial charge is 0.488 e. The van der Waals surface area contributed by atoms with Gasteiger partial charge in [-0.2, -0.15) is 0 Å². The number of nitrogens with zero attached hydrogens (tertiary/aromatic N) is 2. The molecule has 1 N–H and O–H groups in total. The fourth-order valence-electron chi connectivity index (χ4n) is 3.30. The highest BCUT2D eigenvalue weighted by Gasteiger charge is 2.19. The van der Waals surface area contributed by atoms with Crippen LogP contribution in [0.5, 0.6) is 11.5 Å². The van der Waals surface area contributed by atoms with E-state index in [-0.39, 0.29) is 18.3 Å². The number of hydrogen-bond donors (Lipinski definition) is 1. The van der Waals surface area contributed by atoms with Gasteiger partial charge in [0.2, 0.25) is 0 Å². The number of aromatic carboxylic acids is 1. The summed E-state index contributed by atoms with van der Waals surface area (Å²) in [6.45, 7) is 1.67. The fraction of sp³-hybridized carbons (Fsp3) is 0.333. The van der Waals surface area contributed by atoms with E-state index in [4.69, 9.17) is 24.3 Å². The van der Waals surface area contributed by atoms with Gasteiger partial charge in [-0.3, -0.25) is 0 Å². The van der Waals surface area contributed by atoms with E-state index in [0.29, 0.717) is 5.75 Å². The van der Waals surface area contributed by atoms with Gasteiger partial charge in [-0.05, 0) is 30.3 Å². The number of imidazole rings is 1. The molecule has 4 rings (SSSR count). The normalized spacial score (nSPS) is 14.9. The van der Waals surface area contributed by atoms with Crippen molar-refractivity contribution in [3.8, 4) is 11.5 Å². The third kappa shape index (κ3) is 3.80. The molecule has 1 aliphatic heterocycles. The van der Waals surface area contributed by atoms with Gasteiger partial charge in [0.15, 0.2) is 0 Å². The molecular weight excluding hydrogens is 360 g/mol. The molecule has 0 bridgehead atoms. The van der Waals surface area contributed by atoms with Crippen LogP contribution in [0.1, 0.15) is 29.0 Å². The van der Waals surface area contributed by atoms with E-state index in [9.17, 15) is 4.79 Å². The molecule has 0 saturated carbocycles. The van der Waals surface area contributed by atoms with E-state index >= 15 is 0 Å². The molecule has 0 radical (unpaired) electrons. The Balaban J connectivity index is 1.54. The van der Waals surface area contributed by atoms with Crippen molar-refractivity contribution in [3.05, 3.63) is 53.9 Å². The van der Waals surface area contributed by atoms with Crippen LogP contribution >= 0.6 is 0 Å². The Bertz CT molecular complexity index is 992. The Morgan fingerprint density at radius 2 is 2.04 bits per heavy atom. The van der Waals surface area contributed by atoms with Gasteiger partial charge in [-0.15, -0.1) is 0 Å². The molecule has 2 heterocycles. The summed E-state index contributed by atoms with van der Waals surface area (Å²) in [6.07, 6.45) is 1.89. The summed E-state index contributed by atoms with van der Waals surface area (Å²) < 4.78 is 19.3. The summed E-state index contributed by atoms with van der Waals surface area (Å²) >= 11 is 0. The highest BCUT2D eigenvalue weighted by molar-refractivity contribution is 5.88. The van der Waals surface area contributed by atoms with Gasteiger partial charge in [0.25, 0.3) is 0 Å². The Kier molecular flexibility index (Phi) is 5.16. The van der Waals surface area contributed by atoms with E-state index in [1.54, 1.807) is 12.1 Å². The molecule has 0 aliphatic carbocycles. The lowest BCUT2D eigenvalue weighted by Crippen LogP contribution is -2.25. The van der Waals surface area contributed by atoms with Crippen LogP contribution in [-0.2, 0) is 18.4 Å². The van der Waals surface area contributed by atoms with Crippen molar-refractivity contribution in [2.45, 2.75) is 25.6 Å². The maximum Gasteiger partial charge on any atom is 0.335 e. The first-order valence-electron chi connectivity index (χ1n) is 9.26. The minimum Gasteiger partial charge on any atom is -0.488 e. The van der Waals surface area contributed by atoms with E-state index in [2.05, 4.69) is 0 Å². The third-order valence-electron chi connectivity index (χ3n) is 4.88. The van der Waals surface area contributed by atoms with Crippen molar-refractivity contribution in [2.24, 2.45) is 7.05 Å². The number of aromatic nitrogens is 2. The number of hydrogen-bond acceptors (Lipinski definition) is 5. The fourth-order valence-corrected chi connectivity index (χ4v) is 3.30. The minimum atomic E-state index is -0.983. The molecule has 1 aliphatic rings. The number of carboxylic acids is 1. The van der Waals surface area contributed by atoms with Crippen molar-refractivity contribution >= 4 is 17.0 Å². The van der Waals surface area contributed by atoms with Crippen molar-refractivity contribution in [1.82, 2.24) is 9.55 Å². The molecule has 1 aromatic heterocycles. The van der Waals surface area contributed by atoms with Crippen molar-refractivity contribution < 1.29 is 24.1 Å². The zero-order valence-electron chi connectivity index (χ0n) is 15.6. The average Bonchev–Trinajstić information content (AvgIpc) is 3.04. The molecule has 0 unspecified atom stereocenters. The molecule has 0 atom stereocenters. The lowest BCUT2D eigenvalue weighted by atomic mass is 10.1. The lowest BCUT2D eigenvalue weighted by molar-refractivity contribution is 0.0261. The van der Waals surface area contributed by atoms with Crippen LogP contribution in [0.2, 0.25) is 0 Å². The van der Waals surface area contributed by atoms with Crippen LogP contribution in [0.3, 0.4) is 0 Å². The number of rotatable bonds is 6. The van der Waals surface area contributed by atoms with Crippen LogP contribution in [-0.4, -0.2) is 39.9 Å². The second-order valence-corrected chi connectivity index (χ2v) is 6.76. The van der Waals surface area contributed by atoms with Gasteiger partial charge in [0.05, 0.1) is 24.3 Å². The zero-order valence-corrected chi connectivity index (χ0v) is 15.6. The summed E-state index contributed by atoms with van der Waals surface area (Å²) in [6, 6.07) is 12.3. The number of carboxylic acid groups (broad SMARTS) is 1. The summed E-state index contributed by atoms with van der Waals surface area (Å²) in [5, 5.41) is 9.11. The van der Waals surface area contributed by atoms with Crippen LogP contribution in [0.4, 0.5) is 0 Å². The van der Waals surface area contributed by atoms with Gasteiger partial charge in [0.1, 0.15) is 35.6 Å². The van der Waals surface area contributed by atoms with Gasteiger partial charge < -0.3 is 23.9 Å². The maximum absolute atomic E-state index is 11.1. The van der Waals surface area contributed by atoms with E-state index in [0.717, 1.165) is 48.7 Å². The third-order valence-corrected chi connectivity index (χ3v) is 4.88. The number of benzene rings is 2. The Morgan fingerprint density at radius 1 is 1.25 bits per heavy atom. The Morgan fingerprint density at radius 3 is 2.82 bits per heavy atom. The van der Waals surface area contributed by atoms with E-state index < -0.39 is 5.97 Å². The molecule has 0 spiro atoms. The highest BCUT2D eigenvalue weighted by atomic mass is 16.5. The summed E-state index contributed by atoms with van der Waals surface area (Å²) in [5.41, 5.74) is 1.95. The van der Waals surface area contributed by atoms with Crippen LogP contribution in [0.25, 0.3) is 11.0 Å². The lowest BCUT2D eigenvalue weighted by Gasteiger charge is -2.23. The number of aryl methyl sites for hydroxylation is 1. The predicted molar refractivity (Wildman–Crippen MR) is 103 cm³/mol. The van der Waals surface area contributed by atoms with Crippen LogP contribution in [0.15, 0.2) is 42.5 Å². The summed E-state index contributed by atoms with van der Waals surface area (Å²) in [7, 11) is 1.93. The maximum atomic E-state index is 11.1. The van der Waals surface area contributed by atoms with Gasteiger partial charge in [-0.1, -0.05) is 12.1 Å². The van der Waals surface area contributed by atoms with E-state index in [1.807, 2.05) is 29.8 Å². The number of ether oxygens (including phenoxy) is 3. The predicted octanol–water partition coefficient (Wildman–Crippen LogP) is 3.41. The average molecular weight is 382 g/mol. The van der Waals surface area contributed by atoms with E-state index in [1.165, 1.54) is 12.1 Å². The molecule has 3 aromatic rings. The van der Waals surface area contributed by atoms with Gasteiger partial charge in [-0.25, -0.2) is 9.78 Å². The second-order valence-electron chi connectivity index (χ2n) is 6.76. The van der Waals surface area contributed by atoms with Crippen LogP contribution in [0, 0.1) is 0 Å². The molecule has 0 amide bonds. The Labute approximate surface area is 162 Å². The van der Waals surface area contributed by atoms with Crippen molar-refractivity contribution in [2.75, 3.05) is 13.2 Å². The quantitative estimate of drug-likeness (QED) is 0.703. The first kappa shape index (κ1) is 18.3. The summed E-state index contributed by atoms with van der Waals surface area (Å²) in [4.78, 5) is 15.8. The number of fused-ring (bicyclic) bond motifs is 1. The minimum absolute atomic E-state index is 0.139. The molecule has 28 heavy (non-hydrogen) atoms. The summed E-state index contributed by atoms with van der Waals surface area (Å²) in [5.74, 6) is 1.01. The zero-order chi connectivity index (χ0) is 19.5. The second kappa shape index (κ2) is 7.90. The molecule has 146 valence electrons. The molecule has 2 aromatic carbocycles. The Hall–Kier alpha value is -3.06. The molecule has 7 heteroatoms. The standard InChI is InChI=1S/C21H22N2O5/c1-23-17-6-3-7-18(28-15-8-10-26-11-9-15)20(17)22-19(23)13-27-16-5-2-4-14(12-16)21(24)25/h2-7,12,15H,8-11,13H2,1H3,(H,24,25). The molecule has 7 nitrogen and oxygen atoms in total. The van der Waals surface area contributed by atoms with Crippen molar-refractivity contribution in [3.63, 3.8) is 0 Å². The molecule has 1 fully saturated rings.